The highest BCUT2D eigenvalue weighted by atomic mass is 16.5. The molecule has 2 aromatic heterocycles. The summed E-state index contributed by atoms with van der Waals surface area (Å²) in [6.45, 7) is -0.148. The molecule has 4 aromatic rings. The molecule has 0 bridgehead atoms. The molecule has 0 aliphatic carbocycles. The number of amides is 1. The Bertz CT molecular complexity index is 1420. The van der Waals surface area contributed by atoms with E-state index in [0.717, 1.165) is 0 Å². The Balaban J connectivity index is 1.62. The van der Waals surface area contributed by atoms with Crippen molar-refractivity contribution in [3.8, 4) is 6.07 Å². The fraction of sp³-hybridized carbons (Fsp3) is 0.111. The monoisotopic (exact) mass is 451 g/mol. The van der Waals surface area contributed by atoms with Gasteiger partial charge in [-0.25, -0.2) is 4.79 Å². The number of hydrogen-bond acceptors (Lipinski definition) is 5. The first-order chi connectivity index (χ1) is 16.6. The van der Waals surface area contributed by atoms with E-state index in [0.29, 0.717) is 27.8 Å². The van der Waals surface area contributed by atoms with E-state index in [1.807, 2.05) is 0 Å². The van der Waals surface area contributed by atoms with E-state index in [1.54, 1.807) is 85.1 Å². The molecule has 1 amide bonds. The maximum absolute atomic E-state index is 13.1. The van der Waals surface area contributed by atoms with Crippen LogP contribution in [-0.2, 0) is 11.2 Å². The fourth-order valence-electron chi connectivity index (χ4n) is 3.65. The van der Waals surface area contributed by atoms with Gasteiger partial charge < -0.3 is 10.1 Å². The zero-order chi connectivity index (χ0) is 23.9. The number of ether oxygens (including phenoxy) is 1. The average molecular weight is 451 g/mol. The van der Waals surface area contributed by atoms with Crippen molar-refractivity contribution in [3.05, 3.63) is 124 Å². The van der Waals surface area contributed by atoms with Gasteiger partial charge in [-0.3, -0.25) is 14.0 Å². The van der Waals surface area contributed by atoms with Crippen LogP contribution in [0.1, 0.15) is 31.8 Å². The lowest BCUT2D eigenvalue weighted by Gasteiger charge is -2.19. The number of aromatic nitrogens is 1. The van der Waals surface area contributed by atoms with Gasteiger partial charge in [-0.15, -0.1) is 0 Å². The number of pyridine rings is 2. The molecule has 4 rings (SSSR count). The largest absolute Gasteiger partial charge is 0.460 e. The van der Waals surface area contributed by atoms with Gasteiger partial charge in [0, 0.05) is 23.7 Å². The molecular weight excluding hydrogens is 430 g/mol. The third-order valence-electron chi connectivity index (χ3n) is 5.33. The summed E-state index contributed by atoms with van der Waals surface area (Å²) < 4.78 is 6.86. The van der Waals surface area contributed by atoms with Crippen molar-refractivity contribution >= 4 is 17.4 Å². The molecule has 0 saturated heterocycles. The van der Waals surface area contributed by atoms with Gasteiger partial charge in [-0.1, -0.05) is 42.5 Å². The summed E-state index contributed by atoms with van der Waals surface area (Å²) in [4.78, 5) is 38.3. The van der Waals surface area contributed by atoms with Crippen LogP contribution in [0.4, 0.5) is 0 Å². The molecule has 0 fully saturated rings. The molecule has 0 unspecified atom stereocenters. The van der Waals surface area contributed by atoms with Gasteiger partial charge in [0.05, 0.1) is 22.7 Å². The Morgan fingerprint density at radius 2 is 1.59 bits per heavy atom. The fourth-order valence-corrected chi connectivity index (χ4v) is 3.65. The summed E-state index contributed by atoms with van der Waals surface area (Å²) in [6.07, 6.45) is 1.67. The zero-order valence-electron chi connectivity index (χ0n) is 18.2. The lowest BCUT2D eigenvalue weighted by molar-refractivity contribution is 0.0456. The van der Waals surface area contributed by atoms with Crippen LogP contribution in [0.3, 0.4) is 0 Å². The molecule has 0 spiro atoms. The Morgan fingerprint density at radius 3 is 2.26 bits per heavy atom. The summed E-state index contributed by atoms with van der Waals surface area (Å²) in [6, 6.07) is 25.2. The number of carbonyl (C=O) groups excluding carboxylic acids is 2. The summed E-state index contributed by atoms with van der Waals surface area (Å²) in [7, 11) is 0. The third-order valence-corrected chi connectivity index (χ3v) is 5.33. The van der Waals surface area contributed by atoms with E-state index in [2.05, 4.69) is 11.4 Å². The van der Waals surface area contributed by atoms with Crippen LogP contribution in [0, 0.1) is 11.3 Å². The molecule has 34 heavy (non-hydrogen) atoms. The minimum absolute atomic E-state index is 0.0754. The number of nitrogens with one attached hydrogen (secondary N) is 1. The minimum atomic E-state index is -0.693. The second kappa shape index (κ2) is 10.3. The molecule has 0 aliphatic heterocycles. The van der Waals surface area contributed by atoms with Gasteiger partial charge in [0.2, 0.25) is 0 Å². The van der Waals surface area contributed by atoms with Gasteiger partial charge in [0.15, 0.2) is 0 Å². The average Bonchev–Trinajstić information content (AvgIpc) is 2.89. The second-order valence-electron chi connectivity index (χ2n) is 7.66. The van der Waals surface area contributed by atoms with E-state index < -0.39 is 12.0 Å². The lowest BCUT2D eigenvalue weighted by atomic mass is 10.0. The lowest BCUT2D eigenvalue weighted by Crippen LogP contribution is -2.41. The molecule has 0 radical (unpaired) electrons. The second-order valence-corrected chi connectivity index (χ2v) is 7.66. The third kappa shape index (κ3) is 5.03. The Kier molecular flexibility index (Phi) is 6.80. The van der Waals surface area contributed by atoms with E-state index in [1.165, 1.54) is 10.5 Å². The number of nitriles is 1. The Labute approximate surface area is 195 Å². The number of esters is 1. The summed E-state index contributed by atoms with van der Waals surface area (Å²) in [5.41, 5.74) is 1.68. The molecule has 0 saturated carbocycles. The predicted molar refractivity (Wildman–Crippen MR) is 127 cm³/mol. The van der Waals surface area contributed by atoms with Gasteiger partial charge >= 0.3 is 5.97 Å². The molecular formula is C27H21N3O4. The van der Waals surface area contributed by atoms with E-state index in [4.69, 9.17) is 4.74 Å². The van der Waals surface area contributed by atoms with Crippen molar-refractivity contribution in [2.45, 2.75) is 12.5 Å². The smallest absolute Gasteiger partial charge is 0.338 e. The topological polar surface area (TPSA) is 101 Å². The van der Waals surface area contributed by atoms with Crippen LogP contribution in [0.2, 0.25) is 0 Å². The molecule has 7 nitrogen and oxygen atoms in total. The first-order valence-electron chi connectivity index (χ1n) is 10.7. The van der Waals surface area contributed by atoms with Crippen LogP contribution in [0.15, 0.2) is 95.9 Å². The summed E-state index contributed by atoms with van der Waals surface area (Å²) >= 11 is 0. The summed E-state index contributed by atoms with van der Waals surface area (Å²) in [5, 5.41) is 12.4. The van der Waals surface area contributed by atoms with Gasteiger partial charge in [0.25, 0.3) is 11.5 Å². The molecule has 1 N–H and O–H groups in total. The van der Waals surface area contributed by atoms with E-state index >= 15 is 0 Å². The molecule has 0 aliphatic rings. The highest BCUT2D eigenvalue weighted by molar-refractivity contribution is 5.94. The van der Waals surface area contributed by atoms with Crippen molar-refractivity contribution in [2.75, 3.05) is 6.61 Å². The Hall–Kier alpha value is -4.70. The zero-order valence-corrected chi connectivity index (χ0v) is 18.2. The number of benzene rings is 2. The number of carbonyl (C=O) groups is 2. The standard InChI is InChI=1S/C27H21N3O4/c28-17-22-15-21(26(32)30-14-8-7-13-24(22)30)16-23(29-25(31)19-9-3-1-4-10-19)18-34-27(33)20-11-5-2-6-12-20/h1-15,23H,16,18H2,(H,29,31)/t23-/m0/s1. The highest BCUT2D eigenvalue weighted by Gasteiger charge is 2.20. The predicted octanol–water partition coefficient (Wildman–Crippen LogP) is 3.37. The van der Waals surface area contributed by atoms with Crippen molar-refractivity contribution in [1.29, 1.82) is 5.26 Å². The molecule has 2 aromatic carbocycles. The van der Waals surface area contributed by atoms with Gasteiger partial charge in [0.1, 0.15) is 12.7 Å². The maximum Gasteiger partial charge on any atom is 0.338 e. The molecule has 1 atom stereocenters. The maximum atomic E-state index is 13.1. The SMILES string of the molecule is N#Cc1cc(C[C@@H](COC(=O)c2ccccc2)NC(=O)c2ccccc2)c(=O)n2ccccc12. The van der Waals surface area contributed by atoms with E-state index in [9.17, 15) is 19.6 Å². The molecule has 168 valence electrons. The first-order valence-corrected chi connectivity index (χ1v) is 10.7. The molecule has 7 heteroatoms. The number of rotatable bonds is 7. The van der Waals surface area contributed by atoms with Crippen molar-refractivity contribution < 1.29 is 14.3 Å². The Morgan fingerprint density at radius 1 is 0.941 bits per heavy atom. The van der Waals surface area contributed by atoms with Crippen LogP contribution in [-0.4, -0.2) is 28.9 Å². The van der Waals surface area contributed by atoms with Gasteiger partial charge in [-0.05, 0) is 42.5 Å². The molecule has 2 heterocycles. The van der Waals surface area contributed by atoms with Crippen LogP contribution < -0.4 is 10.9 Å². The minimum Gasteiger partial charge on any atom is -0.460 e. The van der Waals surface area contributed by atoms with Crippen LogP contribution in [0.5, 0.6) is 0 Å². The number of nitrogens with zero attached hydrogens (tertiary/aromatic N) is 2. The van der Waals surface area contributed by atoms with Crippen LogP contribution >= 0.6 is 0 Å². The van der Waals surface area contributed by atoms with Crippen molar-refractivity contribution in [1.82, 2.24) is 9.72 Å². The van der Waals surface area contributed by atoms with Crippen LogP contribution in [0.25, 0.3) is 5.52 Å². The quantitative estimate of drug-likeness (QED) is 0.434. The van der Waals surface area contributed by atoms with Crippen molar-refractivity contribution in [3.63, 3.8) is 0 Å². The normalized spacial score (nSPS) is 11.4. The van der Waals surface area contributed by atoms with Gasteiger partial charge in [-0.2, -0.15) is 5.26 Å². The highest BCUT2D eigenvalue weighted by Crippen LogP contribution is 2.12. The summed E-state index contributed by atoms with van der Waals surface area (Å²) in [5.74, 6) is -0.893. The number of fused-ring (bicyclic) bond motifs is 1. The first kappa shape index (κ1) is 22.5. The number of hydrogen-bond donors (Lipinski definition) is 1. The van der Waals surface area contributed by atoms with Crippen molar-refractivity contribution in [2.24, 2.45) is 0 Å². The van der Waals surface area contributed by atoms with E-state index in [-0.39, 0.29) is 24.5 Å².